The third kappa shape index (κ3) is 4.14. The number of aliphatic carboxylic acids is 1. The van der Waals surface area contributed by atoms with Crippen LogP contribution in [0.5, 0.6) is 11.5 Å². The van der Waals surface area contributed by atoms with Gasteiger partial charge in [0.1, 0.15) is 23.2 Å². The molecular weight excluding hydrogens is 462 g/mol. The van der Waals surface area contributed by atoms with Crippen molar-refractivity contribution in [2.45, 2.75) is 11.3 Å². The number of fused-ring (bicyclic) bond motifs is 1. The Morgan fingerprint density at radius 1 is 1.09 bits per heavy atom. The number of aromatic nitrogens is 2. The van der Waals surface area contributed by atoms with Crippen LogP contribution in [0.15, 0.2) is 53.4 Å². The zero-order valence-corrected chi connectivity index (χ0v) is 18.2. The Labute approximate surface area is 192 Å². The second kappa shape index (κ2) is 8.17. The lowest BCUT2D eigenvalue weighted by atomic mass is 9.95. The van der Waals surface area contributed by atoms with Crippen molar-refractivity contribution in [2.75, 3.05) is 0 Å². The monoisotopic (exact) mass is 481 g/mol. The molecule has 4 rings (SSSR count). The highest BCUT2D eigenvalue weighted by Gasteiger charge is 2.23. The van der Waals surface area contributed by atoms with Gasteiger partial charge in [-0.05, 0) is 42.0 Å². The molecule has 1 aromatic heterocycles. The zero-order chi connectivity index (χ0) is 24.8. The van der Waals surface area contributed by atoms with Gasteiger partial charge in [0.2, 0.25) is 10.0 Å². The number of aromatic hydroxyl groups is 2. The number of rotatable bonds is 6. The summed E-state index contributed by atoms with van der Waals surface area (Å²) in [4.78, 5) is 18.6. The van der Waals surface area contributed by atoms with Crippen LogP contribution in [-0.4, -0.2) is 45.5 Å². The fourth-order valence-electron chi connectivity index (χ4n) is 3.60. The van der Waals surface area contributed by atoms with Gasteiger partial charge in [-0.1, -0.05) is 12.1 Å². The number of phenolic OH excluding ortho intramolecular Hbond substituents is 2. The largest absolute Gasteiger partial charge is 0.507 e. The number of primary sulfonamides is 1. The number of nitrogens with zero attached hydrogens (tertiary/aromatic N) is 1. The lowest BCUT2D eigenvalue weighted by molar-refractivity contribution is -0.136. The molecule has 0 aliphatic heterocycles. The highest BCUT2D eigenvalue weighted by atomic mass is 32.2. The Kier molecular flexibility index (Phi) is 5.47. The molecule has 0 amide bonds. The standard InChI is InChI=1S/C22H19N5O6S/c23-21(24)11-4-5-15-16(8-11)27-22(26-15)14-7-12(9-17(28)29)19(30)18(20(14)31)10-2-1-3-13(6-10)34(25,32)33/h1-8,30-31H,9H2,(H3,23,24)(H,26,27)(H,28,29)(H2,25,32,33). The van der Waals surface area contributed by atoms with Crippen molar-refractivity contribution >= 4 is 32.9 Å². The van der Waals surface area contributed by atoms with Crippen LogP contribution >= 0.6 is 0 Å². The van der Waals surface area contributed by atoms with E-state index >= 15 is 0 Å². The van der Waals surface area contributed by atoms with E-state index in [2.05, 4.69) is 9.97 Å². The van der Waals surface area contributed by atoms with E-state index in [1.165, 1.54) is 24.3 Å². The molecule has 0 unspecified atom stereocenters. The van der Waals surface area contributed by atoms with E-state index in [4.69, 9.17) is 16.3 Å². The maximum absolute atomic E-state index is 11.8. The Hall–Kier alpha value is -4.42. The van der Waals surface area contributed by atoms with E-state index in [1.807, 2.05) is 0 Å². The van der Waals surface area contributed by atoms with Crippen LogP contribution in [0, 0.1) is 5.41 Å². The number of phenols is 2. The zero-order valence-electron chi connectivity index (χ0n) is 17.4. The number of hydrogen-bond acceptors (Lipinski definition) is 7. The van der Waals surface area contributed by atoms with Crippen molar-refractivity contribution in [3.8, 4) is 34.0 Å². The van der Waals surface area contributed by atoms with Crippen LogP contribution in [0.25, 0.3) is 33.5 Å². The summed E-state index contributed by atoms with van der Waals surface area (Å²) in [7, 11) is -4.08. The van der Waals surface area contributed by atoms with Gasteiger partial charge in [0.05, 0.1) is 33.5 Å². The van der Waals surface area contributed by atoms with Crippen LogP contribution in [0.1, 0.15) is 11.1 Å². The summed E-state index contributed by atoms with van der Waals surface area (Å²) in [5.74, 6) is -2.20. The van der Waals surface area contributed by atoms with Crippen LogP contribution in [-0.2, 0) is 21.2 Å². The fourth-order valence-corrected chi connectivity index (χ4v) is 4.16. The molecule has 174 valence electrons. The van der Waals surface area contributed by atoms with Crippen molar-refractivity contribution < 1.29 is 28.5 Å². The van der Waals surface area contributed by atoms with E-state index < -0.39 is 33.9 Å². The molecule has 0 saturated heterocycles. The number of sulfonamides is 1. The molecule has 0 aliphatic rings. The van der Waals surface area contributed by atoms with Crippen LogP contribution in [0.3, 0.4) is 0 Å². The topological polar surface area (TPSA) is 216 Å². The Bertz CT molecular complexity index is 1590. The summed E-state index contributed by atoms with van der Waals surface area (Å²) in [6.45, 7) is 0. The van der Waals surface area contributed by atoms with Crippen LogP contribution < -0.4 is 10.9 Å². The molecule has 0 bridgehead atoms. The summed E-state index contributed by atoms with van der Waals surface area (Å²) in [6, 6.07) is 11.3. The number of carboxylic acids is 1. The van der Waals surface area contributed by atoms with Crippen molar-refractivity contribution in [3.63, 3.8) is 0 Å². The number of H-pyrrole nitrogens is 1. The van der Waals surface area contributed by atoms with Crippen molar-refractivity contribution in [1.82, 2.24) is 9.97 Å². The van der Waals surface area contributed by atoms with Crippen molar-refractivity contribution in [3.05, 3.63) is 59.7 Å². The molecule has 4 aromatic rings. The molecule has 0 saturated carbocycles. The average Bonchev–Trinajstić information content (AvgIpc) is 3.18. The minimum atomic E-state index is -4.08. The minimum Gasteiger partial charge on any atom is -0.507 e. The normalized spacial score (nSPS) is 11.6. The minimum absolute atomic E-state index is 0.0267. The maximum atomic E-state index is 11.8. The molecule has 0 spiro atoms. The molecule has 0 aliphatic carbocycles. The van der Waals surface area contributed by atoms with Crippen molar-refractivity contribution in [2.24, 2.45) is 10.9 Å². The summed E-state index contributed by atoms with van der Waals surface area (Å²) in [5.41, 5.74) is 6.95. The van der Waals surface area contributed by atoms with Gasteiger partial charge in [0.25, 0.3) is 0 Å². The first-order valence-corrected chi connectivity index (χ1v) is 11.3. The molecule has 9 N–H and O–H groups in total. The first kappa shape index (κ1) is 22.8. The second-order valence-corrected chi connectivity index (χ2v) is 9.09. The number of hydrogen-bond donors (Lipinski definition) is 7. The molecule has 11 nitrogen and oxygen atoms in total. The number of benzene rings is 3. The number of nitrogen functional groups attached to an aromatic ring is 1. The molecule has 1 heterocycles. The van der Waals surface area contributed by atoms with Crippen LogP contribution in [0.2, 0.25) is 0 Å². The van der Waals surface area contributed by atoms with Gasteiger partial charge in [-0.3, -0.25) is 10.2 Å². The van der Waals surface area contributed by atoms with Crippen molar-refractivity contribution in [1.29, 1.82) is 5.41 Å². The van der Waals surface area contributed by atoms with E-state index in [1.54, 1.807) is 18.2 Å². The fraction of sp³-hybridized carbons (Fsp3) is 0.0455. The number of carbonyl (C=O) groups is 1. The second-order valence-electron chi connectivity index (χ2n) is 7.53. The quantitative estimate of drug-likeness (QED) is 0.159. The van der Waals surface area contributed by atoms with E-state index in [0.717, 1.165) is 6.07 Å². The molecule has 34 heavy (non-hydrogen) atoms. The Balaban J connectivity index is 1.99. The maximum Gasteiger partial charge on any atom is 0.307 e. The molecule has 0 fully saturated rings. The molecule has 0 atom stereocenters. The van der Waals surface area contributed by atoms with Gasteiger partial charge in [0.15, 0.2) is 0 Å². The van der Waals surface area contributed by atoms with E-state index in [9.17, 15) is 28.5 Å². The van der Waals surface area contributed by atoms with Gasteiger partial charge < -0.3 is 26.0 Å². The number of nitrogens with two attached hydrogens (primary N) is 2. The van der Waals surface area contributed by atoms with Gasteiger partial charge in [-0.15, -0.1) is 0 Å². The molecule has 0 radical (unpaired) electrons. The lowest BCUT2D eigenvalue weighted by Gasteiger charge is -2.15. The highest BCUT2D eigenvalue weighted by molar-refractivity contribution is 7.89. The SMILES string of the molecule is N=C(N)c1ccc2nc(-c3cc(CC(=O)O)c(O)c(-c4cccc(S(N)(=O)=O)c4)c3O)[nH]c2c1. The predicted molar refractivity (Wildman–Crippen MR) is 124 cm³/mol. The molecule has 12 heteroatoms. The first-order valence-electron chi connectivity index (χ1n) is 9.73. The highest BCUT2D eigenvalue weighted by Crippen LogP contribution is 2.46. The molecule has 3 aromatic carbocycles. The molecular formula is C22H19N5O6S. The van der Waals surface area contributed by atoms with Crippen LogP contribution in [0.4, 0.5) is 0 Å². The Morgan fingerprint density at radius 2 is 1.82 bits per heavy atom. The van der Waals surface area contributed by atoms with Gasteiger partial charge in [0, 0.05) is 11.1 Å². The number of imidazole rings is 1. The third-order valence-corrected chi connectivity index (χ3v) is 6.10. The first-order chi connectivity index (χ1) is 16.0. The number of nitrogens with one attached hydrogen (secondary N) is 2. The van der Waals surface area contributed by atoms with Gasteiger partial charge in [-0.2, -0.15) is 0 Å². The Morgan fingerprint density at radius 3 is 2.47 bits per heavy atom. The third-order valence-electron chi connectivity index (χ3n) is 5.19. The van der Waals surface area contributed by atoms with E-state index in [-0.39, 0.29) is 38.8 Å². The number of amidine groups is 1. The van der Waals surface area contributed by atoms with Gasteiger partial charge >= 0.3 is 5.97 Å². The smallest absolute Gasteiger partial charge is 0.307 e. The van der Waals surface area contributed by atoms with E-state index in [0.29, 0.717) is 16.6 Å². The summed E-state index contributed by atoms with van der Waals surface area (Å²) >= 11 is 0. The van der Waals surface area contributed by atoms with Gasteiger partial charge in [-0.25, -0.2) is 18.5 Å². The summed E-state index contributed by atoms with van der Waals surface area (Å²) < 4.78 is 23.6. The summed E-state index contributed by atoms with van der Waals surface area (Å²) in [6.07, 6.45) is -0.574. The predicted octanol–water partition coefficient (Wildman–Crippen LogP) is 1.87. The average molecular weight is 481 g/mol. The lowest BCUT2D eigenvalue weighted by Crippen LogP contribution is -2.12. The number of aromatic amines is 1. The number of carboxylic acid groups (broad SMARTS) is 1. The summed E-state index contributed by atoms with van der Waals surface area (Å²) in [5, 5.41) is 44.0.